The summed E-state index contributed by atoms with van der Waals surface area (Å²) in [7, 11) is 0. The largest absolute Gasteiger partial charge is 0.312 e. The van der Waals surface area contributed by atoms with Crippen molar-refractivity contribution in [2.75, 3.05) is 6.54 Å². The molecule has 1 aromatic rings. The van der Waals surface area contributed by atoms with Crippen molar-refractivity contribution >= 4 is 15.9 Å². The molecule has 0 radical (unpaired) electrons. The highest BCUT2D eigenvalue weighted by Crippen LogP contribution is 2.20. The minimum Gasteiger partial charge on any atom is -0.312 e. The van der Waals surface area contributed by atoms with Gasteiger partial charge in [-0.2, -0.15) is 0 Å². The summed E-state index contributed by atoms with van der Waals surface area (Å²) in [4.78, 5) is 0. The number of aryl methyl sites for hydroxylation is 1. The van der Waals surface area contributed by atoms with Crippen molar-refractivity contribution in [3.63, 3.8) is 0 Å². The first-order chi connectivity index (χ1) is 8.41. The van der Waals surface area contributed by atoms with Crippen molar-refractivity contribution < 1.29 is 0 Å². The summed E-state index contributed by atoms with van der Waals surface area (Å²) >= 11 is 3.54. The number of nitrogens with one attached hydrogen (secondary N) is 1. The second kappa shape index (κ2) is 7.30. The molecule has 0 saturated heterocycles. The van der Waals surface area contributed by atoms with E-state index in [1.54, 1.807) is 0 Å². The maximum Gasteiger partial charge on any atom is 0.0205 e. The lowest BCUT2D eigenvalue weighted by Gasteiger charge is -2.25. The van der Waals surface area contributed by atoms with E-state index >= 15 is 0 Å². The van der Waals surface area contributed by atoms with Crippen LogP contribution >= 0.6 is 15.9 Å². The van der Waals surface area contributed by atoms with Crippen LogP contribution in [-0.2, 0) is 6.54 Å². The standard InChI is InChI=1S/C16H26BrN/c1-11(2)15(12(3)4)10-18-9-14-6-7-16(17)13(5)8-14/h6-8,11-12,15,18H,9-10H2,1-5H3. The quantitative estimate of drug-likeness (QED) is 0.797. The predicted octanol–water partition coefficient (Wildman–Crippen LogP) is 4.78. The van der Waals surface area contributed by atoms with Crippen LogP contribution in [0.25, 0.3) is 0 Å². The van der Waals surface area contributed by atoms with E-state index in [1.165, 1.54) is 15.6 Å². The highest BCUT2D eigenvalue weighted by atomic mass is 79.9. The molecular weight excluding hydrogens is 286 g/mol. The lowest BCUT2D eigenvalue weighted by molar-refractivity contribution is 0.275. The second-order valence-corrected chi connectivity index (χ2v) is 6.72. The fourth-order valence-electron chi connectivity index (χ4n) is 2.44. The average Bonchev–Trinajstić information content (AvgIpc) is 2.28. The van der Waals surface area contributed by atoms with Gasteiger partial charge in [-0.3, -0.25) is 0 Å². The van der Waals surface area contributed by atoms with Gasteiger partial charge < -0.3 is 5.32 Å². The summed E-state index contributed by atoms with van der Waals surface area (Å²) < 4.78 is 1.19. The van der Waals surface area contributed by atoms with Gasteiger partial charge in [0.05, 0.1) is 0 Å². The smallest absolute Gasteiger partial charge is 0.0205 e. The minimum absolute atomic E-state index is 0.740. The number of rotatable bonds is 6. The third kappa shape index (κ3) is 4.74. The maximum absolute atomic E-state index is 3.60. The monoisotopic (exact) mass is 311 g/mol. The summed E-state index contributed by atoms with van der Waals surface area (Å²) in [5.41, 5.74) is 2.67. The van der Waals surface area contributed by atoms with Gasteiger partial charge in [-0.25, -0.2) is 0 Å². The number of benzene rings is 1. The Balaban J connectivity index is 2.47. The number of hydrogen-bond acceptors (Lipinski definition) is 1. The van der Waals surface area contributed by atoms with Gasteiger partial charge in [-0.1, -0.05) is 55.8 Å². The van der Waals surface area contributed by atoms with Crippen molar-refractivity contribution in [2.24, 2.45) is 17.8 Å². The molecule has 0 fully saturated rings. The molecule has 0 aliphatic rings. The Morgan fingerprint density at radius 2 is 1.72 bits per heavy atom. The highest BCUT2D eigenvalue weighted by Gasteiger charge is 2.16. The van der Waals surface area contributed by atoms with Crippen LogP contribution in [0, 0.1) is 24.7 Å². The Kier molecular flexibility index (Phi) is 6.37. The molecule has 1 nitrogen and oxygen atoms in total. The van der Waals surface area contributed by atoms with Gasteiger partial charge in [0.15, 0.2) is 0 Å². The Hall–Kier alpha value is -0.340. The van der Waals surface area contributed by atoms with E-state index in [4.69, 9.17) is 0 Å². The lowest BCUT2D eigenvalue weighted by Crippen LogP contribution is -2.29. The van der Waals surface area contributed by atoms with E-state index in [1.807, 2.05) is 0 Å². The molecular formula is C16H26BrN. The molecule has 0 amide bonds. The third-order valence-corrected chi connectivity index (χ3v) is 4.53. The van der Waals surface area contributed by atoms with Gasteiger partial charge in [0, 0.05) is 11.0 Å². The molecule has 2 heteroatoms. The Bertz CT molecular complexity index is 363. The van der Waals surface area contributed by atoms with Crippen molar-refractivity contribution in [3.05, 3.63) is 33.8 Å². The van der Waals surface area contributed by atoms with E-state index in [-0.39, 0.29) is 0 Å². The maximum atomic E-state index is 3.60. The van der Waals surface area contributed by atoms with Gasteiger partial charge >= 0.3 is 0 Å². The molecule has 0 bridgehead atoms. The Labute approximate surface area is 120 Å². The van der Waals surface area contributed by atoms with Crippen molar-refractivity contribution in [3.8, 4) is 0 Å². The van der Waals surface area contributed by atoms with Gasteiger partial charge in [0.1, 0.15) is 0 Å². The molecule has 0 aliphatic carbocycles. The van der Waals surface area contributed by atoms with Gasteiger partial charge in [0.25, 0.3) is 0 Å². The van der Waals surface area contributed by atoms with Gasteiger partial charge in [-0.15, -0.1) is 0 Å². The zero-order valence-electron chi connectivity index (χ0n) is 12.3. The third-order valence-electron chi connectivity index (χ3n) is 3.64. The lowest BCUT2D eigenvalue weighted by atomic mass is 9.85. The van der Waals surface area contributed by atoms with Crippen molar-refractivity contribution in [2.45, 2.75) is 41.2 Å². The topological polar surface area (TPSA) is 12.0 Å². The summed E-state index contributed by atoms with van der Waals surface area (Å²) in [6.45, 7) is 13.5. The summed E-state index contributed by atoms with van der Waals surface area (Å²) in [6, 6.07) is 6.56. The molecule has 1 rings (SSSR count). The molecule has 18 heavy (non-hydrogen) atoms. The first-order valence-electron chi connectivity index (χ1n) is 6.87. The van der Waals surface area contributed by atoms with Crippen LogP contribution in [0.1, 0.15) is 38.8 Å². The first kappa shape index (κ1) is 15.7. The van der Waals surface area contributed by atoms with E-state index in [0.717, 1.165) is 30.8 Å². The fraction of sp³-hybridized carbons (Fsp3) is 0.625. The Morgan fingerprint density at radius 3 is 2.22 bits per heavy atom. The summed E-state index contributed by atoms with van der Waals surface area (Å²) in [6.07, 6.45) is 0. The van der Waals surface area contributed by atoms with Gasteiger partial charge in [0.2, 0.25) is 0 Å². The van der Waals surface area contributed by atoms with E-state index in [0.29, 0.717) is 0 Å². The van der Waals surface area contributed by atoms with Crippen molar-refractivity contribution in [1.82, 2.24) is 5.32 Å². The van der Waals surface area contributed by atoms with Crippen LogP contribution in [0.2, 0.25) is 0 Å². The molecule has 0 spiro atoms. The van der Waals surface area contributed by atoms with Crippen LogP contribution in [0.4, 0.5) is 0 Å². The molecule has 0 saturated carbocycles. The SMILES string of the molecule is Cc1cc(CNCC(C(C)C)C(C)C)ccc1Br. The minimum atomic E-state index is 0.740. The molecule has 0 aliphatic heterocycles. The predicted molar refractivity (Wildman–Crippen MR) is 83.8 cm³/mol. The first-order valence-corrected chi connectivity index (χ1v) is 7.66. The summed E-state index contributed by atoms with van der Waals surface area (Å²) in [5.74, 6) is 2.23. The average molecular weight is 312 g/mol. The molecule has 0 heterocycles. The molecule has 1 N–H and O–H groups in total. The van der Waals surface area contributed by atoms with Gasteiger partial charge in [-0.05, 0) is 48.4 Å². The molecule has 102 valence electrons. The molecule has 0 aromatic heterocycles. The van der Waals surface area contributed by atoms with Crippen LogP contribution in [-0.4, -0.2) is 6.54 Å². The van der Waals surface area contributed by atoms with E-state index in [9.17, 15) is 0 Å². The molecule has 0 atom stereocenters. The highest BCUT2D eigenvalue weighted by molar-refractivity contribution is 9.10. The van der Waals surface area contributed by atoms with Crippen LogP contribution in [0.15, 0.2) is 22.7 Å². The van der Waals surface area contributed by atoms with Crippen LogP contribution in [0.5, 0.6) is 0 Å². The number of hydrogen-bond donors (Lipinski definition) is 1. The second-order valence-electron chi connectivity index (χ2n) is 5.87. The molecule has 1 aromatic carbocycles. The van der Waals surface area contributed by atoms with Crippen LogP contribution < -0.4 is 5.32 Å². The molecule has 0 unspecified atom stereocenters. The van der Waals surface area contributed by atoms with E-state index < -0.39 is 0 Å². The Morgan fingerprint density at radius 1 is 1.11 bits per heavy atom. The van der Waals surface area contributed by atoms with E-state index in [2.05, 4.69) is 74.1 Å². The van der Waals surface area contributed by atoms with Crippen molar-refractivity contribution in [1.29, 1.82) is 0 Å². The van der Waals surface area contributed by atoms with Crippen LogP contribution in [0.3, 0.4) is 0 Å². The number of halogens is 1. The zero-order valence-corrected chi connectivity index (χ0v) is 13.8. The summed E-state index contributed by atoms with van der Waals surface area (Å²) in [5, 5.41) is 3.60. The zero-order chi connectivity index (χ0) is 13.7. The fourth-order valence-corrected chi connectivity index (χ4v) is 2.69. The normalized spacial score (nSPS) is 11.8.